The molecule has 3 rings (SSSR count). The summed E-state index contributed by atoms with van der Waals surface area (Å²) in [5.74, 6) is -0.515. The molecule has 0 atom stereocenters. The molecule has 156 valence electrons. The lowest BCUT2D eigenvalue weighted by molar-refractivity contribution is -0.114. The summed E-state index contributed by atoms with van der Waals surface area (Å²) in [5.41, 5.74) is 1.67. The van der Waals surface area contributed by atoms with E-state index in [1.54, 1.807) is 30.5 Å². The molecule has 0 aliphatic carbocycles. The van der Waals surface area contributed by atoms with Crippen molar-refractivity contribution in [3.05, 3.63) is 70.7 Å². The third-order valence-electron chi connectivity index (χ3n) is 4.01. The summed E-state index contributed by atoms with van der Waals surface area (Å²) in [7, 11) is -3.72. The zero-order valence-electron chi connectivity index (χ0n) is 16.3. The van der Waals surface area contributed by atoms with Crippen LogP contribution < -0.4 is 15.4 Å². The van der Waals surface area contributed by atoms with Crippen LogP contribution in [0.4, 0.5) is 10.8 Å². The van der Waals surface area contributed by atoms with Crippen LogP contribution in [0.3, 0.4) is 0 Å². The second-order valence-corrected chi connectivity index (χ2v) is 9.46. The summed E-state index contributed by atoms with van der Waals surface area (Å²) in [6.45, 7) is 3.35. The number of hydrogen-bond donors (Lipinski definition) is 3. The molecular formula is C20H20N4O4S2. The third-order valence-corrected chi connectivity index (χ3v) is 6.25. The molecular weight excluding hydrogens is 424 g/mol. The Labute approximate surface area is 178 Å². The summed E-state index contributed by atoms with van der Waals surface area (Å²) in [6.07, 6.45) is 1.68. The lowest BCUT2D eigenvalue weighted by Gasteiger charge is -2.09. The van der Waals surface area contributed by atoms with E-state index in [9.17, 15) is 18.0 Å². The van der Waals surface area contributed by atoms with E-state index in [0.717, 1.165) is 4.88 Å². The number of thiazole rings is 1. The number of carbonyl (C=O) groups is 2. The normalized spacial score (nSPS) is 11.1. The van der Waals surface area contributed by atoms with Gasteiger partial charge in [0.05, 0.1) is 4.90 Å². The van der Waals surface area contributed by atoms with Gasteiger partial charge >= 0.3 is 0 Å². The molecule has 0 radical (unpaired) electrons. The highest BCUT2D eigenvalue weighted by Crippen LogP contribution is 2.18. The molecule has 0 spiro atoms. The number of nitrogens with zero attached hydrogens (tertiary/aromatic N) is 1. The Hall–Kier alpha value is -3.08. The minimum Gasteiger partial charge on any atom is -0.326 e. The van der Waals surface area contributed by atoms with E-state index in [-0.39, 0.29) is 23.3 Å². The molecule has 0 aliphatic heterocycles. The fraction of sp³-hybridized carbons (Fsp3) is 0.150. The van der Waals surface area contributed by atoms with Crippen molar-refractivity contribution in [3.63, 3.8) is 0 Å². The van der Waals surface area contributed by atoms with Gasteiger partial charge in [0.15, 0.2) is 5.13 Å². The standard InChI is InChI=1S/C20H20N4O4S2/c1-13-11-21-20(29-13)24-19(26)16-5-3-15(4-6-16)12-22-30(27,28)18-9-7-17(8-10-18)23-14(2)25/h3-11,22H,12H2,1-2H3,(H,23,25)(H,21,24,26). The van der Waals surface area contributed by atoms with Crippen LogP contribution in [-0.2, 0) is 21.4 Å². The number of sulfonamides is 1. The average Bonchev–Trinajstić information content (AvgIpc) is 3.11. The zero-order chi connectivity index (χ0) is 21.7. The Morgan fingerprint density at radius 3 is 2.23 bits per heavy atom. The Kier molecular flexibility index (Phi) is 6.60. The first kappa shape index (κ1) is 21.6. The Bertz CT molecular complexity index is 1150. The van der Waals surface area contributed by atoms with Crippen molar-refractivity contribution in [2.45, 2.75) is 25.3 Å². The molecule has 0 saturated heterocycles. The largest absolute Gasteiger partial charge is 0.326 e. The van der Waals surface area contributed by atoms with Crippen molar-refractivity contribution in [1.29, 1.82) is 0 Å². The maximum Gasteiger partial charge on any atom is 0.257 e. The SMILES string of the molecule is CC(=O)Nc1ccc(S(=O)(=O)NCc2ccc(C(=O)Nc3ncc(C)s3)cc2)cc1. The maximum atomic E-state index is 12.5. The van der Waals surface area contributed by atoms with E-state index >= 15 is 0 Å². The highest BCUT2D eigenvalue weighted by Gasteiger charge is 2.14. The van der Waals surface area contributed by atoms with Crippen LogP contribution in [0, 0.1) is 6.92 Å². The monoisotopic (exact) mass is 444 g/mol. The molecule has 2 aromatic carbocycles. The van der Waals surface area contributed by atoms with Gasteiger partial charge in [0.2, 0.25) is 15.9 Å². The summed E-state index contributed by atoms with van der Waals surface area (Å²) in [5, 5.41) is 5.83. The van der Waals surface area contributed by atoms with E-state index < -0.39 is 10.0 Å². The van der Waals surface area contributed by atoms with Crippen LogP contribution >= 0.6 is 11.3 Å². The second kappa shape index (κ2) is 9.16. The lowest BCUT2D eigenvalue weighted by atomic mass is 10.1. The quantitative estimate of drug-likeness (QED) is 0.518. The highest BCUT2D eigenvalue weighted by atomic mass is 32.2. The Morgan fingerprint density at radius 2 is 1.67 bits per heavy atom. The van der Waals surface area contributed by atoms with Crippen molar-refractivity contribution >= 4 is 44.0 Å². The molecule has 0 fully saturated rings. The molecule has 8 nitrogen and oxygen atoms in total. The van der Waals surface area contributed by atoms with Crippen LogP contribution in [0.2, 0.25) is 0 Å². The minimum absolute atomic E-state index is 0.0728. The Morgan fingerprint density at radius 1 is 1.00 bits per heavy atom. The number of carbonyl (C=O) groups excluding carboxylic acids is 2. The van der Waals surface area contributed by atoms with Gasteiger partial charge in [0, 0.05) is 35.8 Å². The first-order chi connectivity index (χ1) is 14.2. The summed E-state index contributed by atoms with van der Waals surface area (Å²) in [6, 6.07) is 12.5. The number of nitrogens with one attached hydrogen (secondary N) is 3. The van der Waals surface area contributed by atoms with Crippen molar-refractivity contribution < 1.29 is 18.0 Å². The van der Waals surface area contributed by atoms with Crippen LogP contribution in [-0.4, -0.2) is 25.2 Å². The van der Waals surface area contributed by atoms with E-state index in [4.69, 9.17) is 0 Å². The van der Waals surface area contributed by atoms with Crippen molar-refractivity contribution in [1.82, 2.24) is 9.71 Å². The average molecular weight is 445 g/mol. The van der Waals surface area contributed by atoms with E-state index in [1.807, 2.05) is 6.92 Å². The number of hydrogen-bond acceptors (Lipinski definition) is 6. The zero-order valence-corrected chi connectivity index (χ0v) is 17.9. The molecule has 2 amide bonds. The second-order valence-electron chi connectivity index (χ2n) is 6.46. The minimum atomic E-state index is -3.72. The van der Waals surface area contributed by atoms with Gasteiger partial charge in [-0.25, -0.2) is 18.1 Å². The maximum absolute atomic E-state index is 12.5. The number of benzene rings is 2. The highest BCUT2D eigenvalue weighted by molar-refractivity contribution is 7.89. The molecule has 3 N–H and O–H groups in total. The fourth-order valence-corrected chi connectivity index (χ4v) is 4.22. The van der Waals surface area contributed by atoms with Crippen LogP contribution in [0.25, 0.3) is 0 Å². The molecule has 1 aromatic heterocycles. The van der Waals surface area contributed by atoms with Crippen LogP contribution in [0.1, 0.15) is 27.7 Å². The van der Waals surface area contributed by atoms with E-state index in [0.29, 0.717) is 21.9 Å². The fourth-order valence-electron chi connectivity index (χ4n) is 2.54. The van der Waals surface area contributed by atoms with Gasteiger partial charge in [-0.3, -0.25) is 14.9 Å². The number of aromatic nitrogens is 1. The van der Waals surface area contributed by atoms with Crippen LogP contribution in [0.5, 0.6) is 0 Å². The van der Waals surface area contributed by atoms with Crippen molar-refractivity contribution in [3.8, 4) is 0 Å². The Balaban J connectivity index is 1.59. The molecule has 0 aliphatic rings. The van der Waals surface area contributed by atoms with Gasteiger partial charge in [0.1, 0.15) is 0 Å². The molecule has 0 bridgehead atoms. The van der Waals surface area contributed by atoms with Crippen molar-refractivity contribution in [2.75, 3.05) is 10.6 Å². The smallest absolute Gasteiger partial charge is 0.257 e. The van der Waals surface area contributed by atoms with Crippen molar-refractivity contribution in [2.24, 2.45) is 0 Å². The molecule has 10 heteroatoms. The molecule has 0 unspecified atom stereocenters. The van der Waals surface area contributed by atoms with Gasteiger partial charge in [-0.05, 0) is 48.9 Å². The molecule has 1 heterocycles. The van der Waals surface area contributed by atoms with Gasteiger partial charge in [0.25, 0.3) is 5.91 Å². The summed E-state index contributed by atoms with van der Waals surface area (Å²) >= 11 is 1.39. The lowest BCUT2D eigenvalue weighted by Crippen LogP contribution is -2.23. The summed E-state index contributed by atoms with van der Waals surface area (Å²) in [4.78, 5) is 28.5. The van der Waals surface area contributed by atoms with Gasteiger partial charge in [-0.2, -0.15) is 0 Å². The number of amides is 2. The first-order valence-corrected chi connectivity index (χ1v) is 11.2. The predicted octanol–water partition coefficient (Wildman–Crippen LogP) is 3.14. The van der Waals surface area contributed by atoms with Crippen LogP contribution in [0.15, 0.2) is 59.6 Å². The summed E-state index contributed by atoms with van der Waals surface area (Å²) < 4.78 is 27.4. The van der Waals surface area contributed by atoms with Gasteiger partial charge < -0.3 is 5.32 Å². The third kappa shape index (κ3) is 5.72. The first-order valence-electron chi connectivity index (χ1n) is 8.93. The predicted molar refractivity (Wildman–Crippen MR) is 116 cm³/mol. The topological polar surface area (TPSA) is 117 Å². The van der Waals surface area contributed by atoms with Gasteiger partial charge in [-0.1, -0.05) is 12.1 Å². The van der Waals surface area contributed by atoms with Gasteiger partial charge in [-0.15, -0.1) is 11.3 Å². The molecule has 30 heavy (non-hydrogen) atoms. The number of rotatable bonds is 7. The van der Waals surface area contributed by atoms with E-state index in [1.165, 1.54) is 42.5 Å². The number of anilines is 2. The number of aryl methyl sites for hydroxylation is 1. The van der Waals surface area contributed by atoms with E-state index in [2.05, 4.69) is 20.3 Å². The molecule has 0 saturated carbocycles. The molecule has 3 aromatic rings.